The van der Waals surface area contributed by atoms with Gasteiger partial charge in [0, 0.05) is 17.1 Å². The summed E-state index contributed by atoms with van der Waals surface area (Å²) in [6.45, 7) is 3.68. The highest BCUT2D eigenvalue weighted by Crippen LogP contribution is 2.17. The second-order valence-corrected chi connectivity index (χ2v) is 4.30. The Hall–Kier alpha value is -1.69. The van der Waals surface area contributed by atoms with Gasteiger partial charge in [0.25, 0.3) is 5.91 Å². The summed E-state index contributed by atoms with van der Waals surface area (Å²) in [4.78, 5) is 16.6. The van der Waals surface area contributed by atoms with Gasteiger partial charge >= 0.3 is 0 Å². The lowest BCUT2D eigenvalue weighted by Crippen LogP contribution is -2.10. The van der Waals surface area contributed by atoms with Crippen LogP contribution in [0.2, 0.25) is 0 Å². The number of aryl methyl sites for hydroxylation is 2. The number of hydrogen-bond acceptors (Lipinski definition) is 5. The van der Waals surface area contributed by atoms with Crippen LogP contribution in [-0.4, -0.2) is 16.0 Å². The van der Waals surface area contributed by atoms with Gasteiger partial charge in [0.1, 0.15) is 0 Å². The van der Waals surface area contributed by atoms with Crippen LogP contribution in [0.3, 0.4) is 0 Å². The first-order valence-corrected chi connectivity index (χ1v) is 5.14. The third-order valence-electron chi connectivity index (χ3n) is 1.69. The third kappa shape index (κ3) is 2.21. The summed E-state index contributed by atoms with van der Waals surface area (Å²) in [5.74, 6) is -0.134. The first kappa shape index (κ1) is 9.85. The molecule has 0 aromatic carbocycles. The normalized spacial score (nSPS) is 10.3. The van der Waals surface area contributed by atoms with Gasteiger partial charge < -0.3 is 4.52 Å². The molecule has 78 valence electrons. The number of carbonyl (C=O) groups excluding carboxylic acids is 1. The van der Waals surface area contributed by atoms with Crippen LogP contribution in [0, 0.1) is 13.8 Å². The lowest BCUT2D eigenvalue weighted by Gasteiger charge is -1.95. The molecule has 0 bridgehead atoms. The lowest BCUT2D eigenvalue weighted by molar-refractivity contribution is 0.0988. The van der Waals surface area contributed by atoms with Gasteiger partial charge in [-0.2, -0.15) is 0 Å². The molecule has 0 aliphatic heterocycles. The maximum Gasteiger partial charge on any atom is 0.296 e. The Morgan fingerprint density at radius 1 is 1.53 bits per heavy atom. The van der Waals surface area contributed by atoms with Crippen LogP contribution in [0.5, 0.6) is 0 Å². The molecule has 0 aliphatic carbocycles. The van der Waals surface area contributed by atoms with Crippen LogP contribution in [-0.2, 0) is 0 Å². The monoisotopic (exact) mass is 223 g/mol. The third-order valence-corrected chi connectivity index (χ3v) is 2.52. The van der Waals surface area contributed by atoms with E-state index in [1.54, 1.807) is 19.2 Å². The average Bonchev–Trinajstić information content (AvgIpc) is 2.75. The summed E-state index contributed by atoms with van der Waals surface area (Å²) >= 11 is 1.41. The van der Waals surface area contributed by atoms with E-state index in [9.17, 15) is 4.79 Å². The number of hydrogen-bond donors (Lipinski definition) is 1. The fraction of sp³-hybridized carbons (Fsp3) is 0.222. The maximum atomic E-state index is 11.6. The molecule has 0 saturated carbocycles. The van der Waals surface area contributed by atoms with Crippen LogP contribution >= 0.6 is 11.3 Å². The fourth-order valence-electron chi connectivity index (χ4n) is 1.04. The van der Waals surface area contributed by atoms with Gasteiger partial charge in [-0.3, -0.25) is 10.1 Å². The molecule has 0 fully saturated rings. The highest BCUT2D eigenvalue weighted by Gasteiger charge is 2.12. The Bertz CT molecular complexity index is 489. The zero-order valence-corrected chi connectivity index (χ0v) is 9.09. The maximum absolute atomic E-state index is 11.6. The second kappa shape index (κ2) is 3.82. The van der Waals surface area contributed by atoms with Gasteiger partial charge in [-0.1, -0.05) is 5.16 Å². The highest BCUT2D eigenvalue weighted by atomic mass is 32.1. The molecule has 2 aromatic heterocycles. The van der Waals surface area contributed by atoms with E-state index in [-0.39, 0.29) is 11.7 Å². The van der Waals surface area contributed by atoms with Crippen molar-refractivity contribution in [1.82, 2.24) is 10.1 Å². The molecule has 0 unspecified atom stereocenters. The molecule has 0 spiro atoms. The molecule has 15 heavy (non-hydrogen) atoms. The van der Waals surface area contributed by atoms with Gasteiger partial charge in [-0.05, 0) is 13.8 Å². The zero-order chi connectivity index (χ0) is 10.8. The number of thiazole rings is 1. The first-order valence-electron chi connectivity index (χ1n) is 4.32. The first-order chi connectivity index (χ1) is 7.15. The minimum Gasteiger partial charge on any atom is -0.351 e. The molecule has 2 rings (SSSR count). The Kier molecular flexibility index (Phi) is 2.51. The van der Waals surface area contributed by atoms with E-state index in [1.165, 1.54) is 11.3 Å². The molecule has 2 aromatic rings. The van der Waals surface area contributed by atoms with E-state index in [4.69, 9.17) is 4.52 Å². The summed E-state index contributed by atoms with van der Waals surface area (Å²) in [6, 6.07) is 1.58. The average molecular weight is 223 g/mol. The molecule has 1 amide bonds. The SMILES string of the molecule is Cc1cc(C(=O)Nc2ncc(C)s2)on1. The molecule has 5 nitrogen and oxygen atoms in total. The van der Waals surface area contributed by atoms with E-state index >= 15 is 0 Å². The summed E-state index contributed by atoms with van der Waals surface area (Å²) < 4.78 is 4.82. The van der Waals surface area contributed by atoms with Crippen molar-refractivity contribution < 1.29 is 9.32 Å². The van der Waals surface area contributed by atoms with Crippen LogP contribution in [0.25, 0.3) is 0 Å². The fourth-order valence-corrected chi connectivity index (χ4v) is 1.70. The van der Waals surface area contributed by atoms with Crippen molar-refractivity contribution in [2.45, 2.75) is 13.8 Å². The van der Waals surface area contributed by atoms with Crippen molar-refractivity contribution in [2.75, 3.05) is 5.32 Å². The van der Waals surface area contributed by atoms with Crippen molar-refractivity contribution in [1.29, 1.82) is 0 Å². The smallest absolute Gasteiger partial charge is 0.296 e. The van der Waals surface area contributed by atoms with Crippen LogP contribution in [0.1, 0.15) is 21.1 Å². The Labute approximate surface area is 90.1 Å². The van der Waals surface area contributed by atoms with Gasteiger partial charge in [0.05, 0.1) is 5.69 Å². The zero-order valence-electron chi connectivity index (χ0n) is 8.27. The minimum absolute atomic E-state index is 0.195. The van der Waals surface area contributed by atoms with Crippen LogP contribution < -0.4 is 5.32 Å². The molecular formula is C9H9N3O2S. The summed E-state index contributed by atoms with van der Waals surface area (Å²) in [7, 11) is 0. The highest BCUT2D eigenvalue weighted by molar-refractivity contribution is 7.15. The number of nitrogens with zero attached hydrogens (tertiary/aromatic N) is 2. The van der Waals surface area contributed by atoms with Gasteiger partial charge in [-0.15, -0.1) is 11.3 Å². The Morgan fingerprint density at radius 3 is 2.87 bits per heavy atom. The van der Waals surface area contributed by atoms with Crippen molar-refractivity contribution in [2.24, 2.45) is 0 Å². The van der Waals surface area contributed by atoms with Crippen molar-refractivity contribution >= 4 is 22.4 Å². The van der Waals surface area contributed by atoms with Gasteiger partial charge in [0.15, 0.2) is 5.13 Å². The molecule has 0 radical (unpaired) electrons. The summed E-state index contributed by atoms with van der Waals surface area (Å²) in [6.07, 6.45) is 1.70. The van der Waals surface area contributed by atoms with Crippen LogP contribution in [0.15, 0.2) is 16.8 Å². The molecule has 0 saturated heterocycles. The second-order valence-electron chi connectivity index (χ2n) is 3.06. The Morgan fingerprint density at radius 2 is 2.33 bits per heavy atom. The number of amides is 1. The lowest BCUT2D eigenvalue weighted by atomic mass is 10.4. The number of aromatic nitrogens is 2. The molecule has 0 atom stereocenters. The van der Waals surface area contributed by atoms with E-state index in [0.717, 1.165) is 4.88 Å². The standard InChI is InChI=1S/C9H9N3O2S/c1-5-3-7(14-12-5)8(13)11-9-10-4-6(2)15-9/h3-4H,1-2H3,(H,10,11,13). The van der Waals surface area contributed by atoms with E-state index < -0.39 is 0 Å². The van der Waals surface area contributed by atoms with Gasteiger partial charge in [0.2, 0.25) is 5.76 Å². The predicted octanol–water partition coefficient (Wildman–Crippen LogP) is 2.00. The van der Waals surface area contributed by atoms with E-state index in [0.29, 0.717) is 10.8 Å². The van der Waals surface area contributed by atoms with E-state index in [1.807, 2.05) is 6.92 Å². The van der Waals surface area contributed by atoms with E-state index in [2.05, 4.69) is 15.5 Å². The number of carbonyl (C=O) groups is 1. The molecule has 1 N–H and O–H groups in total. The van der Waals surface area contributed by atoms with Crippen molar-refractivity contribution in [3.05, 3.63) is 28.6 Å². The minimum atomic E-state index is -0.329. The Balaban J connectivity index is 2.10. The summed E-state index contributed by atoms with van der Waals surface area (Å²) in [5, 5.41) is 6.82. The quantitative estimate of drug-likeness (QED) is 0.845. The molecule has 0 aliphatic rings. The van der Waals surface area contributed by atoms with Gasteiger partial charge in [-0.25, -0.2) is 4.98 Å². The predicted molar refractivity (Wildman–Crippen MR) is 56.0 cm³/mol. The summed E-state index contributed by atoms with van der Waals surface area (Å²) in [5.41, 5.74) is 0.676. The molecular weight excluding hydrogens is 214 g/mol. The van der Waals surface area contributed by atoms with Crippen molar-refractivity contribution in [3.63, 3.8) is 0 Å². The topological polar surface area (TPSA) is 68.0 Å². The number of nitrogens with one attached hydrogen (secondary N) is 1. The largest absolute Gasteiger partial charge is 0.351 e. The molecule has 6 heteroatoms. The number of rotatable bonds is 2. The molecule has 2 heterocycles. The van der Waals surface area contributed by atoms with Crippen molar-refractivity contribution in [3.8, 4) is 0 Å². The number of anilines is 1. The van der Waals surface area contributed by atoms with Crippen LogP contribution in [0.4, 0.5) is 5.13 Å².